The summed E-state index contributed by atoms with van der Waals surface area (Å²) in [5.74, 6) is 1.20. The van der Waals surface area contributed by atoms with Crippen molar-refractivity contribution < 1.29 is 9.53 Å². The molecule has 0 saturated carbocycles. The van der Waals surface area contributed by atoms with Crippen LogP contribution < -0.4 is 4.90 Å². The molecule has 0 aromatic carbocycles. The number of carbonyl (C=O) groups excluding carboxylic acids is 1. The summed E-state index contributed by atoms with van der Waals surface area (Å²) in [5.41, 5.74) is 1.96. The van der Waals surface area contributed by atoms with E-state index in [1.54, 1.807) is 6.33 Å². The molecule has 23 heavy (non-hydrogen) atoms. The van der Waals surface area contributed by atoms with Gasteiger partial charge in [-0.2, -0.15) is 0 Å². The zero-order valence-electron chi connectivity index (χ0n) is 13.9. The summed E-state index contributed by atoms with van der Waals surface area (Å²) < 4.78 is 6.96. The predicted octanol–water partition coefficient (Wildman–Crippen LogP) is 1.22. The Bertz CT molecular complexity index is 707. The van der Waals surface area contributed by atoms with Crippen LogP contribution in [0.2, 0.25) is 0 Å². The molecule has 2 atom stereocenters. The Hall–Kier alpha value is -2.44. The molecule has 2 aromatic rings. The zero-order valence-corrected chi connectivity index (χ0v) is 13.9. The van der Waals surface area contributed by atoms with E-state index in [-0.39, 0.29) is 17.8 Å². The third-order valence-electron chi connectivity index (χ3n) is 4.33. The topological polar surface area (TPSA) is 73.1 Å². The number of methoxy groups -OCH3 is 1. The van der Waals surface area contributed by atoms with Gasteiger partial charge in [0.25, 0.3) is 0 Å². The molecule has 7 heteroatoms. The van der Waals surface area contributed by atoms with Crippen LogP contribution in [0.3, 0.4) is 0 Å². The van der Waals surface area contributed by atoms with Crippen molar-refractivity contribution in [3.8, 4) is 0 Å². The summed E-state index contributed by atoms with van der Waals surface area (Å²) in [6, 6.07) is 1.95. The minimum atomic E-state index is -0.231. The van der Waals surface area contributed by atoms with E-state index in [4.69, 9.17) is 4.74 Å². The van der Waals surface area contributed by atoms with Gasteiger partial charge in [0, 0.05) is 49.7 Å². The highest BCUT2D eigenvalue weighted by Crippen LogP contribution is 2.35. The lowest BCUT2D eigenvalue weighted by atomic mass is 9.93. The minimum absolute atomic E-state index is 0.0329. The van der Waals surface area contributed by atoms with Crippen LogP contribution in [-0.4, -0.2) is 45.7 Å². The van der Waals surface area contributed by atoms with Crippen LogP contribution in [0.5, 0.6) is 0 Å². The monoisotopic (exact) mass is 315 g/mol. The van der Waals surface area contributed by atoms with Crippen molar-refractivity contribution in [2.45, 2.75) is 19.8 Å². The fourth-order valence-corrected chi connectivity index (χ4v) is 3.26. The number of ether oxygens (including phenoxy) is 1. The van der Waals surface area contributed by atoms with Gasteiger partial charge in [0.05, 0.1) is 19.4 Å². The Kier molecular flexibility index (Phi) is 4.02. The summed E-state index contributed by atoms with van der Waals surface area (Å²) in [4.78, 5) is 27.4. The maximum Gasteiger partial charge on any atom is 0.311 e. The van der Waals surface area contributed by atoms with Gasteiger partial charge in [-0.25, -0.2) is 15.0 Å². The number of aromatic nitrogens is 4. The number of anilines is 1. The van der Waals surface area contributed by atoms with Crippen LogP contribution in [0.15, 0.2) is 18.6 Å². The molecule has 0 bridgehead atoms. The van der Waals surface area contributed by atoms with Crippen molar-refractivity contribution in [3.05, 3.63) is 35.8 Å². The van der Waals surface area contributed by atoms with Gasteiger partial charge < -0.3 is 14.2 Å². The summed E-state index contributed by atoms with van der Waals surface area (Å²) in [6.07, 6.45) is 3.58. The minimum Gasteiger partial charge on any atom is -0.469 e. The normalized spacial score (nSPS) is 20.8. The van der Waals surface area contributed by atoms with Crippen LogP contribution in [-0.2, 0) is 16.6 Å². The van der Waals surface area contributed by atoms with Gasteiger partial charge in [0.1, 0.15) is 11.6 Å². The first-order valence-corrected chi connectivity index (χ1v) is 7.61. The van der Waals surface area contributed by atoms with E-state index >= 15 is 0 Å². The number of aryl methyl sites for hydroxylation is 3. The lowest BCUT2D eigenvalue weighted by Crippen LogP contribution is -2.25. The smallest absolute Gasteiger partial charge is 0.311 e. The van der Waals surface area contributed by atoms with E-state index in [0.29, 0.717) is 13.1 Å². The van der Waals surface area contributed by atoms with Gasteiger partial charge in [0.15, 0.2) is 0 Å². The maximum atomic E-state index is 12.2. The first-order valence-electron chi connectivity index (χ1n) is 7.61. The first-order chi connectivity index (χ1) is 11.0. The lowest BCUT2D eigenvalue weighted by Gasteiger charge is -2.18. The van der Waals surface area contributed by atoms with Crippen LogP contribution in [0.4, 0.5) is 5.82 Å². The highest BCUT2D eigenvalue weighted by atomic mass is 16.5. The highest BCUT2D eigenvalue weighted by Gasteiger charge is 2.41. The number of hydrogen-bond acceptors (Lipinski definition) is 6. The summed E-state index contributed by atoms with van der Waals surface area (Å²) in [7, 11) is 3.38. The molecule has 0 radical (unpaired) electrons. The van der Waals surface area contributed by atoms with Crippen molar-refractivity contribution in [1.29, 1.82) is 0 Å². The quantitative estimate of drug-likeness (QED) is 0.793. The average molecular weight is 315 g/mol. The van der Waals surface area contributed by atoms with Crippen LogP contribution in [0.1, 0.15) is 23.1 Å². The third kappa shape index (κ3) is 2.91. The summed E-state index contributed by atoms with van der Waals surface area (Å²) in [6.45, 7) is 5.11. The van der Waals surface area contributed by atoms with Gasteiger partial charge in [-0.15, -0.1) is 0 Å². The second kappa shape index (κ2) is 5.98. The van der Waals surface area contributed by atoms with Crippen molar-refractivity contribution in [2.24, 2.45) is 13.0 Å². The van der Waals surface area contributed by atoms with E-state index in [0.717, 1.165) is 23.0 Å². The average Bonchev–Trinajstić information content (AvgIpc) is 3.11. The summed E-state index contributed by atoms with van der Waals surface area (Å²) >= 11 is 0. The Morgan fingerprint density at radius 1 is 1.30 bits per heavy atom. The van der Waals surface area contributed by atoms with Gasteiger partial charge in [-0.05, 0) is 13.8 Å². The van der Waals surface area contributed by atoms with E-state index < -0.39 is 0 Å². The first kappa shape index (κ1) is 15.5. The fourth-order valence-electron chi connectivity index (χ4n) is 3.26. The SMILES string of the molecule is COC(=O)[C@@H]1CN(c2cc(C)nc(C)n2)C[C@H]1c1cncn1C. The summed E-state index contributed by atoms with van der Waals surface area (Å²) in [5, 5.41) is 0. The second-order valence-corrected chi connectivity index (χ2v) is 5.99. The molecule has 0 N–H and O–H groups in total. The number of carbonyl (C=O) groups is 1. The molecular weight excluding hydrogens is 294 g/mol. The number of imidazole rings is 1. The maximum absolute atomic E-state index is 12.2. The third-order valence-corrected chi connectivity index (χ3v) is 4.33. The van der Waals surface area contributed by atoms with Crippen molar-refractivity contribution in [2.75, 3.05) is 25.1 Å². The van der Waals surface area contributed by atoms with Crippen LogP contribution in [0, 0.1) is 19.8 Å². The Balaban J connectivity index is 1.94. The lowest BCUT2D eigenvalue weighted by molar-refractivity contribution is -0.145. The number of hydrogen-bond donors (Lipinski definition) is 0. The molecule has 2 aromatic heterocycles. The molecule has 0 unspecified atom stereocenters. The van der Waals surface area contributed by atoms with Gasteiger partial charge >= 0.3 is 5.97 Å². The van der Waals surface area contributed by atoms with E-state index in [2.05, 4.69) is 19.9 Å². The van der Waals surface area contributed by atoms with Gasteiger partial charge in [-0.1, -0.05) is 0 Å². The molecular formula is C16H21N5O2. The van der Waals surface area contributed by atoms with Crippen molar-refractivity contribution in [3.63, 3.8) is 0 Å². The zero-order chi connectivity index (χ0) is 16.6. The molecule has 1 saturated heterocycles. The molecule has 0 spiro atoms. The molecule has 7 nitrogen and oxygen atoms in total. The van der Waals surface area contributed by atoms with Gasteiger partial charge in [0.2, 0.25) is 0 Å². The highest BCUT2D eigenvalue weighted by molar-refractivity contribution is 5.75. The number of rotatable bonds is 3. The largest absolute Gasteiger partial charge is 0.469 e. The second-order valence-electron chi connectivity index (χ2n) is 5.99. The van der Waals surface area contributed by atoms with E-state index in [1.807, 2.05) is 37.7 Å². The fraction of sp³-hybridized carbons (Fsp3) is 0.500. The van der Waals surface area contributed by atoms with Crippen molar-refractivity contribution >= 4 is 11.8 Å². The van der Waals surface area contributed by atoms with Crippen LogP contribution >= 0.6 is 0 Å². The molecule has 1 fully saturated rings. The molecule has 0 aliphatic carbocycles. The van der Waals surface area contributed by atoms with E-state index in [1.165, 1.54) is 7.11 Å². The Morgan fingerprint density at radius 2 is 2.09 bits per heavy atom. The van der Waals surface area contributed by atoms with Crippen LogP contribution in [0.25, 0.3) is 0 Å². The van der Waals surface area contributed by atoms with Gasteiger partial charge in [-0.3, -0.25) is 4.79 Å². The Labute approximate surface area is 135 Å². The molecule has 122 valence electrons. The number of nitrogens with zero attached hydrogens (tertiary/aromatic N) is 5. The molecule has 1 aliphatic heterocycles. The number of esters is 1. The van der Waals surface area contributed by atoms with E-state index in [9.17, 15) is 4.79 Å². The molecule has 3 heterocycles. The molecule has 1 aliphatic rings. The Morgan fingerprint density at radius 3 is 2.70 bits per heavy atom. The predicted molar refractivity (Wildman–Crippen MR) is 85.2 cm³/mol. The molecule has 3 rings (SSSR count). The van der Waals surface area contributed by atoms with Crippen molar-refractivity contribution in [1.82, 2.24) is 19.5 Å². The standard InChI is InChI=1S/C16H21N5O2/c1-10-5-15(19-11(2)18-10)21-7-12(13(8-21)16(22)23-4)14-6-17-9-20(14)3/h5-6,9,12-13H,7-8H2,1-4H3/t12-,13-/m1/s1. The molecule has 0 amide bonds.